The average molecular weight is 465 g/mol. The van der Waals surface area contributed by atoms with E-state index in [1.165, 1.54) is 5.56 Å². The first-order valence-electron chi connectivity index (χ1n) is 11.8. The van der Waals surface area contributed by atoms with E-state index in [-0.39, 0.29) is 0 Å². The third kappa shape index (κ3) is 4.94. The number of aromatic amines is 1. The summed E-state index contributed by atoms with van der Waals surface area (Å²) in [5.74, 6) is 0. The van der Waals surface area contributed by atoms with Crippen LogP contribution in [0.4, 0.5) is 11.4 Å². The summed E-state index contributed by atoms with van der Waals surface area (Å²) < 4.78 is 5.43. The quantitative estimate of drug-likeness (QED) is 0.408. The first-order chi connectivity index (χ1) is 17.1. The van der Waals surface area contributed by atoms with Crippen molar-refractivity contribution in [3.8, 4) is 6.07 Å². The SMILES string of the molecule is Cc1ncc(C#N)c(Nc2ccc3[nH]ccc3c2C)c1/C=C/c1ccc(CN2CCOCC2)cn1. The van der Waals surface area contributed by atoms with Crippen molar-refractivity contribution in [2.24, 2.45) is 0 Å². The third-order valence-corrected chi connectivity index (χ3v) is 6.48. The molecule has 1 aliphatic rings. The number of nitrogens with zero attached hydrogens (tertiary/aromatic N) is 4. The Hall–Kier alpha value is -3.99. The van der Waals surface area contributed by atoms with Crippen LogP contribution in [-0.4, -0.2) is 46.2 Å². The van der Waals surface area contributed by atoms with Gasteiger partial charge in [-0.25, -0.2) is 0 Å². The van der Waals surface area contributed by atoms with Crippen LogP contribution in [-0.2, 0) is 11.3 Å². The average Bonchev–Trinajstić information content (AvgIpc) is 3.37. The van der Waals surface area contributed by atoms with Gasteiger partial charge in [-0.1, -0.05) is 6.07 Å². The molecule has 4 aromatic rings. The number of rotatable bonds is 6. The van der Waals surface area contributed by atoms with Crippen molar-refractivity contribution in [3.05, 3.63) is 82.6 Å². The lowest BCUT2D eigenvalue weighted by Crippen LogP contribution is -2.35. The zero-order chi connectivity index (χ0) is 24.2. The first-order valence-corrected chi connectivity index (χ1v) is 11.8. The minimum absolute atomic E-state index is 0.498. The Bertz CT molecular complexity index is 1410. The molecule has 0 spiro atoms. The summed E-state index contributed by atoms with van der Waals surface area (Å²) in [5, 5.41) is 14.4. The molecule has 0 radical (unpaired) electrons. The van der Waals surface area contributed by atoms with Gasteiger partial charge in [0.15, 0.2) is 0 Å². The standard InChI is InChI=1S/C28H28N6O/c1-19-24-9-10-30-27(24)8-7-26(19)33-28-22(15-29)17-31-20(2)25(28)6-5-23-4-3-21(16-32-23)18-34-11-13-35-14-12-34/h3-10,16-17,30H,11-14,18H2,1-2H3,(H,31,33)/b6-5+. The fourth-order valence-corrected chi connectivity index (χ4v) is 4.41. The molecule has 5 rings (SSSR count). The molecule has 7 heteroatoms. The molecule has 3 aromatic heterocycles. The highest BCUT2D eigenvalue weighted by molar-refractivity contribution is 5.90. The maximum Gasteiger partial charge on any atom is 0.103 e. The smallest absolute Gasteiger partial charge is 0.103 e. The van der Waals surface area contributed by atoms with Crippen molar-refractivity contribution >= 4 is 34.4 Å². The zero-order valence-electron chi connectivity index (χ0n) is 20.0. The fourth-order valence-electron chi connectivity index (χ4n) is 4.41. The number of nitrogens with one attached hydrogen (secondary N) is 2. The lowest BCUT2D eigenvalue weighted by molar-refractivity contribution is 0.0341. The monoisotopic (exact) mass is 464 g/mol. The maximum atomic E-state index is 9.79. The molecular formula is C28H28N6O. The van der Waals surface area contributed by atoms with Gasteiger partial charge in [0, 0.05) is 66.1 Å². The maximum absolute atomic E-state index is 9.79. The van der Waals surface area contributed by atoms with Crippen molar-refractivity contribution in [3.63, 3.8) is 0 Å². The van der Waals surface area contributed by atoms with Gasteiger partial charge in [0.1, 0.15) is 6.07 Å². The second kappa shape index (κ2) is 10.1. The first kappa shape index (κ1) is 22.8. The fraction of sp³-hybridized carbons (Fsp3) is 0.250. The normalized spacial score (nSPS) is 14.4. The van der Waals surface area contributed by atoms with Crippen LogP contribution in [0.25, 0.3) is 23.1 Å². The number of anilines is 2. The predicted molar refractivity (Wildman–Crippen MR) is 139 cm³/mol. The number of H-pyrrole nitrogens is 1. The molecule has 4 heterocycles. The second-order valence-corrected chi connectivity index (χ2v) is 8.77. The van der Waals surface area contributed by atoms with Crippen molar-refractivity contribution < 1.29 is 4.74 Å². The van der Waals surface area contributed by atoms with Gasteiger partial charge in [0.2, 0.25) is 0 Å². The number of aromatic nitrogens is 3. The van der Waals surface area contributed by atoms with Gasteiger partial charge in [0.05, 0.1) is 30.2 Å². The Balaban J connectivity index is 1.41. The van der Waals surface area contributed by atoms with Crippen LogP contribution >= 0.6 is 0 Å². The summed E-state index contributed by atoms with van der Waals surface area (Å²) in [5.41, 5.74) is 8.16. The number of nitriles is 1. The molecular weight excluding hydrogens is 436 g/mol. The van der Waals surface area contributed by atoms with Crippen LogP contribution in [0.1, 0.15) is 33.6 Å². The van der Waals surface area contributed by atoms with Crippen molar-refractivity contribution in [1.29, 1.82) is 5.26 Å². The lowest BCUT2D eigenvalue weighted by atomic mass is 10.0. The number of aryl methyl sites for hydroxylation is 2. The van der Waals surface area contributed by atoms with Gasteiger partial charge in [-0.3, -0.25) is 14.9 Å². The summed E-state index contributed by atoms with van der Waals surface area (Å²) >= 11 is 0. The highest BCUT2D eigenvalue weighted by Gasteiger charge is 2.14. The van der Waals surface area contributed by atoms with Crippen molar-refractivity contribution in [2.75, 3.05) is 31.6 Å². The molecule has 0 bridgehead atoms. The summed E-state index contributed by atoms with van der Waals surface area (Å²) in [6.07, 6.45) is 9.45. The Morgan fingerprint density at radius 2 is 1.94 bits per heavy atom. The van der Waals surface area contributed by atoms with Crippen molar-refractivity contribution in [1.82, 2.24) is 19.9 Å². The number of fused-ring (bicyclic) bond motifs is 1. The lowest BCUT2D eigenvalue weighted by Gasteiger charge is -2.26. The predicted octanol–water partition coefficient (Wildman–Crippen LogP) is 5.19. The molecule has 0 aliphatic carbocycles. The Morgan fingerprint density at radius 3 is 2.71 bits per heavy atom. The number of hydrogen-bond acceptors (Lipinski definition) is 6. The van der Waals surface area contributed by atoms with Crippen LogP contribution < -0.4 is 5.32 Å². The molecule has 0 atom stereocenters. The molecule has 7 nitrogen and oxygen atoms in total. The Morgan fingerprint density at radius 1 is 1.09 bits per heavy atom. The summed E-state index contributed by atoms with van der Waals surface area (Å²) in [4.78, 5) is 14.7. The minimum Gasteiger partial charge on any atom is -0.379 e. The zero-order valence-corrected chi connectivity index (χ0v) is 20.0. The Kier molecular flexibility index (Phi) is 6.57. The number of morpholine rings is 1. The van der Waals surface area contributed by atoms with Crippen LogP contribution in [0.3, 0.4) is 0 Å². The molecule has 0 amide bonds. The molecule has 35 heavy (non-hydrogen) atoms. The van der Waals surface area contributed by atoms with Gasteiger partial charge in [-0.05, 0) is 61.4 Å². The number of pyridine rings is 2. The van der Waals surface area contributed by atoms with E-state index in [9.17, 15) is 5.26 Å². The van der Waals surface area contributed by atoms with Gasteiger partial charge >= 0.3 is 0 Å². The Labute approximate surface area is 205 Å². The van der Waals surface area contributed by atoms with E-state index in [0.717, 1.165) is 77.6 Å². The minimum atomic E-state index is 0.498. The van der Waals surface area contributed by atoms with E-state index >= 15 is 0 Å². The number of benzene rings is 1. The largest absolute Gasteiger partial charge is 0.379 e. The van der Waals surface area contributed by atoms with Crippen LogP contribution in [0.5, 0.6) is 0 Å². The number of ether oxygens (including phenoxy) is 1. The van der Waals surface area contributed by atoms with Crippen LogP contribution in [0, 0.1) is 25.2 Å². The molecule has 1 fully saturated rings. The van der Waals surface area contributed by atoms with E-state index in [4.69, 9.17) is 4.74 Å². The molecule has 1 aliphatic heterocycles. The van der Waals surface area contributed by atoms with E-state index in [1.807, 2.05) is 49.7 Å². The second-order valence-electron chi connectivity index (χ2n) is 8.77. The highest BCUT2D eigenvalue weighted by atomic mass is 16.5. The molecule has 176 valence electrons. The molecule has 0 unspecified atom stereocenters. The van der Waals surface area contributed by atoms with E-state index in [1.54, 1.807) is 6.20 Å². The van der Waals surface area contributed by atoms with E-state index < -0.39 is 0 Å². The van der Waals surface area contributed by atoms with Gasteiger partial charge in [0.25, 0.3) is 0 Å². The summed E-state index contributed by atoms with van der Waals surface area (Å²) in [6, 6.07) is 12.6. The molecule has 0 saturated carbocycles. The molecule has 1 saturated heterocycles. The van der Waals surface area contributed by atoms with Gasteiger partial charge in [-0.2, -0.15) is 5.26 Å². The highest BCUT2D eigenvalue weighted by Crippen LogP contribution is 2.32. The van der Waals surface area contributed by atoms with Crippen LogP contribution in [0.2, 0.25) is 0 Å². The van der Waals surface area contributed by atoms with E-state index in [0.29, 0.717) is 5.56 Å². The van der Waals surface area contributed by atoms with Crippen LogP contribution in [0.15, 0.2) is 48.9 Å². The van der Waals surface area contributed by atoms with Gasteiger partial charge in [-0.15, -0.1) is 0 Å². The van der Waals surface area contributed by atoms with Crippen molar-refractivity contribution in [2.45, 2.75) is 20.4 Å². The van der Waals surface area contributed by atoms with E-state index in [2.05, 4.69) is 50.3 Å². The summed E-state index contributed by atoms with van der Waals surface area (Å²) in [7, 11) is 0. The topological polar surface area (TPSA) is 89.9 Å². The van der Waals surface area contributed by atoms with Gasteiger partial charge < -0.3 is 15.0 Å². The molecule has 1 aromatic carbocycles. The number of hydrogen-bond donors (Lipinski definition) is 2. The molecule has 2 N–H and O–H groups in total. The third-order valence-electron chi connectivity index (χ3n) is 6.48. The summed E-state index contributed by atoms with van der Waals surface area (Å²) in [6.45, 7) is 8.40.